The number of pyridine rings is 1. The number of halogens is 1. The van der Waals surface area contributed by atoms with Gasteiger partial charge >= 0.3 is 0 Å². The highest BCUT2D eigenvalue weighted by Crippen LogP contribution is 2.20. The Kier molecular flexibility index (Phi) is 2.50. The fourth-order valence-corrected chi connectivity index (χ4v) is 1.46. The Morgan fingerprint density at radius 3 is 2.33 bits per heavy atom. The molecule has 0 spiro atoms. The summed E-state index contributed by atoms with van der Waals surface area (Å²) in [5.74, 6) is -0.168. The van der Waals surface area contributed by atoms with E-state index in [4.69, 9.17) is 0 Å². The average Bonchev–Trinajstić information content (AvgIpc) is 2.23. The van der Waals surface area contributed by atoms with Crippen molar-refractivity contribution < 1.29 is 4.39 Å². The zero-order chi connectivity index (χ0) is 10.8. The molecule has 2 aromatic rings. The Balaban J connectivity index is 2.45. The second kappa shape index (κ2) is 3.81. The summed E-state index contributed by atoms with van der Waals surface area (Å²) in [6.07, 6.45) is 1.81. The maximum Gasteiger partial charge on any atom is 0.126 e. The molecule has 0 radical (unpaired) electrons. The molecule has 1 aromatic heterocycles. The molecule has 2 heteroatoms. The van der Waals surface area contributed by atoms with E-state index in [1.807, 2.05) is 31.3 Å². The van der Waals surface area contributed by atoms with Crippen molar-refractivity contribution in [2.45, 2.75) is 13.8 Å². The van der Waals surface area contributed by atoms with Gasteiger partial charge in [0.1, 0.15) is 5.82 Å². The highest BCUT2D eigenvalue weighted by molar-refractivity contribution is 5.63. The van der Waals surface area contributed by atoms with Crippen LogP contribution in [-0.2, 0) is 0 Å². The Morgan fingerprint density at radius 2 is 1.73 bits per heavy atom. The predicted octanol–water partition coefficient (Wildman–Crippen LogP) is 3.50. The van der Waals surface area contributed by atoms with Gasteiger partial charge in [-0.25, -0.2) is 4.39 Å². The minimum atomic E-state index is -0.168. The molecule has 0 aliphatic rings. The van der Waals surface area contributed by atoms with Crippen LogP contribution in [0, 0.1) is 19.7 Å². The summed E-state index contributed by atoms with van der Waals surface area (Å²) >= 11 is 0. The predicted molar refractivity (Wildman–Crippen MR) is 59.1 cm³/mol. The van der Waals surface area contributed by atoms with Gasteiger partial charge in [0.05, 0.1) is 0 Å². The normalized spacial score (nSPS) is 10.3. The molecule has 0 N–H and O–H groups in total. The van der Waals surface area contributed by atoms with Crippen molar-refractivity contribution in [1.29, 1.82) is 0 Å². The third-order valence-corrected chi connectivity index (χ3v) is 2.40. The molecule has 0 saturated heterocycles. The lowest BCUT2D eigenvalue weighted by Crippen LogP contribution is -1.86. The van der Waals surface area contributed by atoms with Crippen molar-refractivity contribution >= 4 is 0 Å². The average molecular weight is 201 g/mol. The Bertz CT molecular complexity index is 474. The molecule has 1 nitrogen and oxygen atoms in total. The van der Waals surface area contributed by atoms with Crippen molar-refractivity contribution in [1.82, 2.24) is 4.98 Å². The van der Waals surface area contributed by atoms with Crippen molar-refractivity contribution in [2.75, 3.05) is 0 Å². The van der Waals surface area contributed by atoms with E-state index in [9.17, 15) is 4.39 Å². The van der Waals surface area contributed by atoms with E-state index in [0.717, 1.165) is 16.8 Å². The number of aromatic nitrogens is 1. The highest BCUT2D eigenvalue weighted by atomic mass is 19.1. The van der Waals surface area contributed by atoms with Crippen LogP contribution in [0.4, 0.5) is 4.39 Å². The Hall–Kier alpha value is -1.70. The van der Waals surface area contributed by atoms with Crippen molar-refractivity contribution in [3.63, 3.8) is 0 Å². The monoisotopic (exact) mass is 201 g/mol. The van der Waals surface area contributed by atoms with Crippen LogP contribution in [-0.4, -0.2) is 4.98 Å². The van der Waals surface area contributed by atoms with Crippen LogP contribution in [0.15, 0.2) is 36.5 Å². The van der Waals surface area contributed by atoms with Crippen LogP contribution in [0.3, 0.4) is 0 Å². The van der Waals surface area contributed by atoms with Crippen LogP contribution >= 0.6 is 0 Å². The van der Waals surface area contributed by atoms with Crippen molar-refractivity contribution in [3.8, 4) is 11.1 Å². The van der Waals surface area contributed by atoms with Gasteiger partial charge in [-0.1, -0.05) is 12.1 Å². The van der Waals surface area contributed by atoms with E-state index in [-0.39, 0.29) is 5.82 Å². The number of hydrogen-bond donors (Lipinski definition) is 0. The molecule has 76 valence electrons. The molecule has 0 fully saturated rings. The summed E-state index contributed by atoms with van der Waals surface area (Å²) in [4.78, 5) is 4.21. The Morgan fingerprint density at radius 1 is 1.00 bits per heavy atom. The van der Waals surface area contributed by atoms with E-state index >= 15 is 0 Å². The molecular formula is C13H12FN. The van der Waals surface area contributed by atoms with Crippen molar-refractivity contribution in [2.24, 2.45) is 0 Å². The number of rotatable bonds is 1. The van der Waals surface area contributed by atoms with Crippen LogP contribution in [0.5, 0.6) is 0 Å². The molecule has 0 bridgehead atoms. The number of hydrogen-bond acceptors (Lipinski definition) is 1. The fraction of sp³-hybridized carbons (Fsp3) is 0.154. The van der Waals surface area contributed by atoms with E-state index < -0.39 is 0 Å². The van der Waals surface area contributed by atoms with Crippen LogP contribution < -0.4 is 0 Å². The molecule has 0 atom stereocenters. The molecule has 0 unspecified atom stereocenters. The summed E-state index contributed by atoms with van der Waals surface area (Å²) in [6.45, 7) is 3.71. The van der Waals surface area contributed by atoms with E-state index in [0.29, 0.717) is 5.56 Å². The minimum absolute atomic E-state index is 0.168. The Labute approximate surface area is 88.6 Å². The number of aryl methyl sites for hydroxylation is 2. The maximum absolute atomic E-state index is 13.1. The fourth-order valence-electron chi connectivity index (χ4n) is 1.46. The third kappa shape index (κ3) is 2.04. The SMILES string of the molecule is Cc1ccc(-c2ccc(F)c(C)c2)cn1. The van der Waals surface area contributed by atoms with Crippen LogP contribution in [0.2, 0.25) is 0 Å². The van der Waals surface area contributed by atoms with Gasteiger partial charge in [0.15, 0.2) is 0 Å². The van der Waals surface area contributed by atoms with E-state index in [1.54, 1.807) is 13.0 Å². The largest absolute Gasteiger partial charge is 0.261 e. The van der Waals surface area contributed by atoms with Crippen LogP contribution in [0.25, 0.3) is 11.1 Å². The lowest BCUT2D eigenvalue weighted by molar-refractivity contribution is 0.619. The standard InChI is InChI=1S/C13H12FN/c1-9-7-11(5-6-13(9)14)12-4-3-10(2)15-8-12/h3-8H,1-2H3. The molecule has 0 amide bonds. The topological polar surface area (TPSA) is 12.9 Å². The molecular weight excluding hydrogens is 189 g/mol. The highest BCUT2D eigenvalue weighted by Gasteiger charge is 2.01. The van der Waals surface area contributed by atoms with Gasteiger partial charge in [0.25, 0.3) is 0 Å². The molecule has 1 aromatic carbocycles. The first-order valence-corrected chi connectivity index (χ1v) is 4.86. The van der Waals surface area contributed by atoms with E-state index in [2.05, 4.69) is 4.98 Å². The first-order chi connectivity index (χ1) is 7.16. The summed E-state index contributed by atoms with van der Waals surface area (Å²) in [6, 6.07) is 9.05. The smallest absolute Gasteiger partial charge is 0.126 e. The van der Waals surface area contributed by atoms with Gasteiger partial charge in [0.2, 0.25) is 0 Å². The lowest BCUT2D eigenvalue weighted by atomic mass is 10.0. The molecule has 2 rings (SSSR count). The minimum Gasteiger partial charge on any atom is -0.261 e. The lowest BCUT2D eigenvalue weighted by Gasteiger charge is -2.03. The molecule has 15 heavy (non-hydrogen) atoms. The first-order valence-electron chi connectivity index (χ1n) is 4.86. The molecule has 0 aliphatic heterocycles. The number of nitrogens with zero attached hydrogens (tertiary/aromatic N) is 1. The second-order valence-corrected chi connectivity index (χ2v) is 3.65. The molecule has 0 aliphatic carbocycles. The van der Waals surface area contributed by atoms with Gasteiger partial charge in [-0.05, 0) is 43.2 Å². The summed E-state index contributed by atoms with van der Waals surface area (Å²) in [5, 5.41) is 0. The van der Waals surface area contributed by atoms with Crippen molar-refractivity contribution in [3.05, 3.63) is 53.6 Å². The quantitative estimate of drug-likeness (QED) is 0.688. The number of benzene rings is 1. The molecule has 1 heterocycles. The summed E-state index contributed by atoms with van der Waals surface area (Å²) in [7, 11) is 0. The van der Waals surface area contributed by atoms with Crippen LogP contribution in [0.1, 0.15) is 11.3 Å². The van der Waals surface area contributed by atoms with Gasteiger partial charge in [-0.2, -0.15) is 0 Å². The first kappa shape index (κ1) is 9.84. The van der Waals surface area contributed by atoms with Gasteiger partial charge < -0.3 is 0 Å². The second-order valence-electron chi connectivity index (χ2n) is 3.65. The summed E-state index contributed by atoms with van der Waals surface area (Å²) < 4.78 is 13.1. The van der Waals surface area contributed by atoms with Gasteiger partial charge in [0, 0.05) is 17.5 Å². The van der Waals surface area contributed by atoms with E-state index in [1.165, 1.54) is 6.07 Å². The van der Waals surface area contributed by atoms with Gasteiger partial charge in [-0.3, -0.25) is 4.98 Å². The van der Waals surface area contributed by atoms with Gasteiger partial charge in [-0.15, -0.1) is 0 Å². The summed E-state index contributed by atoms with van der Waals surface area (Å²) in [5.41, 5.74) is 3.66. The zero-order valence-corrected chi connectivity index (χ0v) is 8.79. The molecule has 0 saturated carbocycles. The zero-order valence-electron chi connectivity index (χ0n) is 8.79. The third-order valence-electron chi connectivity index (χ3n) is 2.40. The maximum atomic E-state index is 13.1.